The van der Waals surface area contributed by atoms with Crippen molar-refractivity contribution in [3.05, 3.63) is 0 Å². The second-order valence-electron chi connectivity index (χ2n) is 11.4. The van der Waals surface area contributed by atoms with Crippen molar-refractivity contribution in [3.8, 4) is 0 Å². The van der Waals surface area contributed by atoms with Crippen LogP contribution in [-0.4, -0.2) is 34.7 Å². The molecule has 0 aromatic carbocycles. The molecule has 0 aromatic rings. The van der Waals surface area contributed by atoms with E-state index in [0.29, 0.717) is 11.1 Å². The number of hydrogen-bond acceptors (Lipinski definition) is 1. The molecule has 0 radical (unpaired) electrons. The zero-order chi connectivity index (χ0) is 23.3. The predicted octanol–water partition coefficient (Wildman–Crippen LogP) is 10.5. The molecule has 30 heavy (non-hydrogen) atoms. The Balaban J connectivity index is 5.59. The molecule has 0 aliphatic rings. The van der Waals surface area contributed by atoms with Crippen LogP contribution in [0.5, 0.6) is 0 Å². The maximum absolute atomic E-state index is 7.10. The number of rotatable bonds is 18. The van der Waals surface area contributed by atoms with E-state index in [0.717, 1.165) is 1.94 Å². The molecule has 0 aromatic heterocycles. The summed E-state index contributed by atoms with van der Waals surface area (Å²) < 4.78 is 12.9. The first-order chi connectivity index (χ1) is 14.0. The molecule has 0 fully saturated rings. The fraction of sp³-hybridized carbons (Fsp3) is 1.00. The molecule has 0 saturated heterocycles. The van der Waals surface area contributed by atoms with Crippen molar-refractivity contribution in [1.29, 1.82) is 0 Å². The minimum absolute atomic E-state index is 0.309. The molecule has 0 heterocycles. The Hall–Kier alpha value is 1.71. The Morgan fingerprint density at radius 3 is 1.57 bits per heavy atom. The summed E-state index contributed by atoms with van der Waals surface area (Å²) in [4.78, 5) is 0. The van der Waals surface area contributed by atoms with Crippen LogP contribution < -0.4 is 0 Å². The summed E-state index contributed by atoms with van der Waals surface area (Å²) in [6.07, 6.45) is 15.7. The Kier molecular flexibility index (Phi) is 17.3. The Labute approximate surface area is 210 Å². The van der Waals surface area contributed by atoms with Crippen LogP contribution in [0, 0.1) is 0 Å². The van der Waals surface area contributed by atoms with Gasteiger partial charge in [-0.2, -0.15) is 0 Å². The third-order valence-corrected chi connectivity index (χ3v) is 37.5. The van der Waals surface area contributed by atoms with E-state index < -0.39 is 26.7 Å². The van der Waals surface area contributed by atoms with Gasteiger partial charge in [0.05, 0.1) is 0 Å². The predicted molar refractivity (Wildman–Crippen MR) is 154 cm³/mol. The Bertz CT molecular complexity index is 400. The fourth-order valence-corrected chi connectivity index (χ4v) is 28.6. The molecule has 0 aliphatic carbocycles. The SMILES string of the molecule is CCCCCC(C[CH](I)[Sn]([CH2]CCC)([CH2]CCC)[CH2]CCC)O[Si](C)(C)C(C)(C)C. The van der Waals surface area contributed by atoms with Gasteiger partial charge in [-0.25, -0.2) is 0 Å². The Morgan fingerprint density at radius 2 is 1.20 bits per heavy atom. The molecule has 0 bridgehead atoms. The van der Waals surface area contributed by atoms with Gasteiger partial charge < -0.3 is 0 Å². The van der Waals surface area contributed by atoms with E-state index in [1.54, 1.807) is 13.3 Å². The van der Waals surface area contributed by atoms with Gasteiger partial charge in [-0.05, 0) is 0 Å². The second kappa shape index (κ2) is 16.4. The molecule has 2 atom stereocenters. The zero-order valence-corrected chi connectivity index (χ0v) is 28.4. The van der Waals surface area contributed by atoms with Crippen molar-refractivity contribution in [2.75, 3.05) is 0 Å². The first-order valence-corrected chi connectivity index (χ1v) is 25.2. The molecule has 0 N–H and O–H groups in total. The van der Waals surface area contributed by atoms with Gasteiger partial charge in [-0.1, -0.05) is 0 Å². The van der Waals surface area contributed by atoms with Crippen LogP contribution in [0.4, 0.5) is 0 Å². The van der Waals surface area contributed by atoms with Gasteiger partial charge in [0.25, 0.3) is 0 Å². The van der Waals surface area contributed by atoms with Gasteiger partial charge in [0, 0.05) is 0 Å². The first-order valence-electron chi connectivity index (χ1n) is 13.3. The molecule has 2 unspecified atom stereocenters. The van der Waals surface area contributed by atoms with E-state index in [9.17, 15) is 0 Å². The van der Waals surface area contributed by atoms with Crippen molar-refractivity contribution in [3.63, 3.8) is 0 Å². The van der Waals surface area contributed by atoms with Crippen molar-refractivity contribution in [1.82, 2.24) is 0 Å². The first kappa shape index (κ1) is 31.7. The number of unbranched alkanes of at least 4 members (excludes halogenated alkanes) is 5. The van der Waals surface area contributed by atoms with E-state index in [4.69, 9.17) is 4.43 Å². The van der Waals surface area contributed by atoms with Crippen molar-refractivity contribution < 1.29 is 4.43 Å². The molecule has 182 valence electrons. The summed E-state index contributed by atoms with van der Waals surface area (Å²) in [6, 6.07) is 0. The number of alkyl halides is 1. The molecular formula is C26H57IOSiSn. The average Bonchev–Trinajstić information content (AvgIpc) is 2.66. The van der Waals surface area contributed by atoms with Crippen LogP contribution in [0.2, 0.25) is 31.4 Å². The molecule has 0 rings (SSSR count). The van der Waals surface area contributed by atoms with Crippen molar-refractivity contribution >= 4 is 49.3 Å². The van der Waals surface area contributed by atoms with Gasteiger partial charge in [-0.15, -0.1) is 0 Å². The average molecular weight is 659 g/mol. The summed E-state index contributed by atoms with van der Waals surface area (Å²) in [5.74, 6) is 0. The third kappa shape index (κ3) is 11.7. The van der Waals surface area contributed by atoms with E-state index in [2.05, 4.69) is 84.2 Å². The molecule has 0 aliphatic heterocycles. The van der Waals surface area contributed by atoms with Gasteiger partial charge in [0.1, 0.15) is 0 Å². The van der Waals surface area contributed by atoms with E-state index in [1.165, 1.54) is 70.6 Å². The normalized spacial score (nSPS) is 15.4. The minimum atomic E-state index is -2.19. The van der Waals surface area contributed by atoms with Crippen LogP contribution >= 0.6 is 22.6 Å². The van der Waals surface area contributed by atoms with Crippen LogP contribution in [0.3, 0.4) is 0 Å². The summed E-state index contributed by atoms with van der Waals surface area (Å²) in [5.41, 5.74) is 0. The van der Waals surface area contributed by atoms with Crippen LogP contribution in [0.15, 0.2) is 0 Å². The summed E-state index contributed by atoms with van der Waals surface area (Å²) >= 11 is 0.766. The number of halogens is 1. The van der Waals surface area contributed by atoms with E-state index in [-0.39, 0.29) is 0 Å². The van der Waals surface area contributed by atoms with Crippen LogP contribution in [0.1, 0.15) is 119 Å². The topological polar surface area (TPSA) is 9.23 Å². The van der Waals surface area contributed by atoms with Crippen LogP contribution in [0.25, 0.3) is 0 Å². The standard InChI is InChI=1S/C14H30IOSi.3C4H9.Sn/c1-7-8-9-10-13(11-12-15)16-17(5,6)14(2,3)4;3*1-3-4-2;/h12-13H,7-11H2,1-6H3;3*1,3-4H2,2H3;. The van der Waals surface area contributed by atoms with Gasteiger partial charge >= 0.3 is 212 Å². The van der Waals surface area contributed by atoms with Gasteiger partial charge in [0.15, 0.2) is 0 Å². The fourth-order valence-electron chi connectivity index (χ4n) is 4.35. The molecule has 0 spiro atoms. The summed E-state index contributed by atoms with van der Waals surface area (Å²) in [6.45, 7) is 21.6. The van der Waals surface area contributed by atoms with Gasteiger partial charge in [0.2, 0.25) is 0 Å². The summed E-state index contributed by atoms with van der Waals surface area (Å²) in [7, 11) is -1.71. The van der Waals surface area contributed by atoms with E-state index >= 15 is 0 Å². The van der Waals surface area contributed by atoms with Crippen molar-refractivity contribution in [2.24, 2.45) is 0 Å². The summed E-state index contributed by atoms with van der Waals surface area (Å²) in [5, 5.41) is 0.309. The monoisotopic (exact) mass is 660 g/mol. The third-order valence-electron chi connectivity index (χ3n) is 7.62. The molecule has 0 amide bonds. The Morgan fingerprint density at radius 1 is 0.767 bits per heavy atom. The molecule has 1 nitrogen and oxygen atoms in total. The zero-order valence-electron chi connectivity index (χ0n) is 22.3. The molecule has 0 saturated carbocycles. The maximum atomic E-state index is 7.10. The molecule has 4 heteroatoms. The van der Waals surface area contributed by atoms with Crippen LogP contribution in [-0.2, 0) is 4.43 Å². The van der Waals surface area contributed by atoms with Crippen molar-refractivity contribution in [2.45, 2.75) is 159 Å². The van der Waals surface area contributed by atoms with E-state index in [1.807, 2.05) is 0 Å². The second-order valence-corrected chi connectivity index (χ2v) is 35.0. The quantitative estimate of drug-likeness (QED) is 0.0616. The molecular weight excluding hydrogens is 602 g/mol. The van der Waals surface area contributed by atoms with Gasteiger partial charge in [-0.3, -0.25) is 0 Å². The number of hydrogen-bond donors (Lipinski definition) is 0.